The topological polar surface area (TPSA) is 112 Å². The maximum absolute atomic E-state index is 14.0. The first-order valence-electron chi connectivity index (χ1n) is 15.2. The minimum absolute atomic E-state index is 0.0261. The molecule has 0 radical (unpaired) electrons. The van der Waals surface area contributed by atoms with Crippen molar-refractivity contribution in [3.8, 4) is 0 Å². The summed E-state index contributed by atoms with van der Waals surface area (Å²) < 4.78 is 6.97. The van der Waals surface area contributed by atoms with Crippen LogP contribution in [0, 0.1) is 0 Å². The molecule has 9 nitrogen and oxygen atoms in total. The summed E-state index contributed by atoms with van der Waals surface area (Å²) in [4.78, 5) is 48.0. The van der Waals surface area contributed by atoms with Crippen LogP contribution in [0.25, 0.3) is 10.1 Å². The van der Waals surface area contributed by atoms with E-state index in [0.29, 0.717) is 41.2 Å². The maximum atomic E-state index is 14.0. The van der Waals surface area contributed by atoms with E-state index in [0.717, 1.165) is 33.1 Å². The molecule has 2 aliphatic rings. The zero-order chi connectivity index (χ0) is 32.5. The summed E-state index contributed by atoms with van der Waals surface area (Å²) in [5.41, 5.74) is 1.49. The normalized spacial score (nSPS) is 22.0. The van der Waals surface area contributed by atoms with E-state index >= 15 is 0 Å². The fraction of sp³-hybridized carbons (Fsp3) is 0.394. The van der Waals surface area contributed by atoms with Gasteiger partial charge in [-0.1, -0.05) is 41.4 Å². The SMILES string of the molecule is C[C@@H]1CN([C@H]2C[C@@H](c3ncc(CCC(=O)O)s3)N(C(=O)Cc3cc(Cl)c(NC(=O)c4csc5ccccc45)cc3Cl)C2)C[C@H](C)O1. The fourth-order valence-corrected chi connectivity index (χ4v) is 8.80. The number of fused-ring (bicyclic) bond motifs is 1. The number of morpholine rings is 1. The second-order valence-corrected chi connectivity index (χ2v) is 14.8. The third kappa shape index (κ3) is 7.25. The Balaban J connectivity index is 1.20. The molecule has 0 unspecified atom stereocenters. The van der Waals surface area contributed by atoms with Crippen molar-refractivity contribution in [2.45, 2.75) is 63.8 Å². The van der Waals surface area contributed by atoms with Crippen LogP contribution in [0.5, 0.6) is 0 Å². The lowest BCUT2D eigenvalue weighted by Crippen LogP contribution is -2.51. The van der Waals surface area contributed by atoms with Crippen LogP contribution in [-0.2, 0) is 27.2 Å². The first-order valence-corrected chi connectivity index (χ1v) is 17.6. The number of nitrogens with zero attached hydrogens (tertiary/aromatic N) is 3. The van der Waals surface area contributed by atoms with Gasteiger partial charge in [-0.25, -0.2) is 4.98 Å². The Labute approximate surface area is 285 Å². The largest absolute Gasteiger partial charge is 0.481 e. The second kappa shape index (κ2) is 14.0. The number of anilines is 1. The van der Waals surface area contributed by atoms with Gasteiger partial charge in [0, 0.05) is 57.2 Å². The van der Waals surface area contributed by atoms with Crippen LogP contribution in [0.4, 0.5) is 5.69 Å². The van der Waals surface area contributed by atoms with Crippen LogP contribution in [0.15, 0.2) is 48.0 Å². The van der Waals surface area contributed by atoms with Gasteiger partial charge in [0.15, 0.2) is 0 Å². The van der Waals surface area contributed by atoms with Crippen LogP contribution in [0.3, 0.4) is 0 Å². The van der Waals surface area contributed by atoms with Crippen molar-refractivity contribution in [1.29, 1.82) is 0 Å². The molecule has 2 fully saturated rings. The van der Waals surface area contributed by atoms with E-state index in [4.69, 9.17) is 33.0 Å². The van der Waals surface area contributed by atoms with Crippen molar-refractivity contribution in [3.05, 3.63) is 79.0 Å². The van der Waals surface area contributed by atoms with E-state index in [1.807, 2.05) is 34.5 Å². The maximum Gasteiger partial charge on any atom is 0.303 e. The zero-order valence-corrected chi connectivity index (χ0v) is 28.5. The number of carbonyl (C=O) groups excluding carboxylic acids is 2. The van der Waals surface area contributed by atoms with Gasteiger partial charge in [-0.15, -0.1) is 22.7 Å². The summed E-state index contributed by atoms with van der Waals surface area (Å²) in [7, 11) is 0. The smallest absolute Gasteiger partial charge is 0.303 e. The molecule has 0 saturated carbocycles. The molecule has 0 spiro atoms. The quantitative estimate of drug-likeness (QED) is 0.195. The average Bonchev–Trinajstić information content (AvgIpc) is 3.76. The highest BCUT2D eigenvalue weighted by Gasteiger charge is 2.42. The molecule has 0 bridgehead atoms. The fourth-order valence-electron chi connectivity index (χ4n) is 6.35. The Morgan fingerprint density at radius 2 is 1.85 bits per heavy atom. The number of rotatable bonds is 9. The molecule has 2 N–H and O–H groups in total. The Bertz CT molecular complexity index is 1770. The first-order chi connectivity index (χ1) is 22.0. The lowest BCUT2D eigenvalue weighted by atomic mass is 10.1. The number of hydrogen-bond donors (Lipinski definition) is 2. The molecule has 2 aromatic heterocycles. The number of aliphatic carboxylic acids is 1. The van der Waals surface area contributed by atoms with Gasteiger partial charge in [-0.05, 0) is 50.5 Å². The highest BCUT2D eigenvalue weighted by molar-refractivity contribution is 7.17. The van der Waals surface area contributed by atoms with Crippen LogP contribution >= 0.6 is 45.9 Å². The zero-order valence-electron chi connectivity index (χ0n) is 25.4. The standard InChI is InChI=1S/C33H34Cl2N4O5S2/c1-18-14-38(15-19(2)44-18)21-11-28(33-36-13-22(46-33)7-8-31(41)42)39(16-21)30(40)10-20-9-26(35)27(12-25(20)34)37-32(43)24-17-45-29-6-4-3-5-23(24)29/h3-6,9,12-13,17-19,21,28H,7-8,10-11,14-16H2,1-2H3,(H,37,43)(H,41,42)/t18-,19+,21-,28-/m0/s1. The molecule has 4 atom stereocenters. The number of thiazole rings is 1. The predicted octanol–water partition coefficient (Wildman–Crippen LogP) is 6.93. The van der Waals surface area contributed by atoms with Crippen LogP contribution in [0.2, 0.25) is 10.0 Å². The number of aryl methyl sites for hydroxylation is 1. The number of thiophene rings is 1. The van der Waals surface area contributed by atoms with E-state index in [9.17, 15) is 14.4 Å². The molecule has 242 valence electrons. The van der Waals surface area contributed by atoms with Crippen LogP contribution < -0.4 is 5.32 Å². The molecule has 6 rings (SSSR count). The van der Waals surface area contributed by atoms with Gasteiger partial charge < -0.3 is 20.1 Å². The third-order valence-corrected chi connectivity index (χ3v) is 11.2. The Hall–Kier alpha value is -3.06. The van der Waals surface area contributed by atoms with Gasteiger partial charge >= 0.3 is 5.97 Å². The number of ether oxygens (including phenoxy) is 1. The van der Waals surface area contributed by atoms with Gasteiger partial charge in [-0.3, -0.25) is 19.3 Å². The van der Waals surface area contributed by atoms with Gasteiger partial charge in [0.05, 0.1) is 47.4 Å². The van der Waals surface area contributed by atoms with Gasteiger partial charge in [0.1, 0.15) is 5.01 Å². The summed E-state index contributed by atoms with van der Waals surface area (Å²) in [6, 6.07) is 10.8. The van der Waals surface area contributed by atoms with E-state index in [1.165, 1.54) is 22.7 Å². The number of aromatic nitrogens is 1. The van der Waals surface area contributed by atoms with E-state index in [-0.39, 0.29) is 54.0 Å². The minimum Gasteiger partial charge on any atom is -0.481 e. The van der Waals surface area contributed by atoms with E-state index in [1.54, 1.807) is 18.3 Å². The molecule has 46 heavy (non-hydrogen) atoms. The number of carboxylic acids is 1. The minimum atomic E-state index is -0.857. The summed E-state index contributed by atoms with van der Waals surface area (Å²) in [5, 5.41) is 16.1. The van der Waals surface area contributed by atoms with Crippen molar-refractivity contribution in [2.75, 3.05) is 25.0 Å². The Morgan fingerprint density at radius 3 is 2.61 bits per heavy atom. The predicted molar refractivity (Wildman–Crippen MR) is 182 cm³/mol. The highest BCUT2D eigenvalue weighted by Crippen LogP contribution is 2.39. The number of amides is 2. The second-order valence-electron chi connectivity index (χ2n) is 11.9. The third-order valence-electron chi connectivity index (χ3n) is 8.46. The van der Waals surface area contributed by atoms with Crippen molar-refractivity contribution >= 4 is 79.4 Å². The van der Waals surface area contributed by atoms with Crippen LogP contribution in [0.1, 0.15) is 58.5 Å². The molecule has 2 aromatic carbocycles. The molecule has 13 heteroatoms. The van der Waals surface area contributed by atoms with Crippen molar-refractivity contribution < 1.29 is 24.2 Å². The summed E-state index contributed by atoms with van der Waals surface area (Å²) in [5.74, 6) is -1.25. The molecule has 2 aliphatic heterocycles. The van der Waals surface area contributed by atoms with Gasteiger partial charge in [-0.2, -0.15) is 0 Å². The summed E-state index contributed by atoms with van der Waals surface area (Å²) in [6.45, 7) is 6.21. The molecule has 2 saturated heterocycles. The lowest BCUT2D eigenvalue weighted by Gasteiger charge is -2.38. The molecule has 4 aromatic rings. The van der Waals surface area contributed by atoms with Crippen molar-refractivity contribution in [3.63, 3.8) is 0 Å². The number of carbonyl (C=O) groups is 3. The van der Waals surface area contributed by atoms with E-state index in [2.05, 4.69) is 29.0 Å². The lowest BCUT2D eigenvalue weighted by molar-refractivity contribution is -0.137. The number of benzene rings is 2. The first kappa shape index (κ1) is 32.9. The Morgan fingerprint density at radius 1 is 1.09 bits per heavy atom. The van der Waals surface area contributed by atoms with E-state index < -0.39 is 5.97 Å². The average molecular weight is 702 g/mol. The Kier molecular flexibility index (Phi) is 9.98. The number of halogens is 2. The van der Waals surface area contributed by atoms with Crippen molar-refractivity contribution in [1.82, 2.24) is 14.8 Å². The molecule has 0 aliphatic carbocycles. The highest BCUT2D eigenvalue weighted by atomic mass is 35.5. The molecule has 4 heterocycles. The molecular formula is C33H34Cl2N4O5S2. The summed E-state index contributed by atoms with van der Waals surface area (Å²) in [6.07, 6.45) is 3.07. The molecular weight excluding hydrogens is 667 g/mol. The van der Waals surface area contributed by atoms with Crippen LogP contribution in [-0.4, -0.2) is 75.6 Å². The molecule has 2 amide bonds. The van der Waals surface area contributed by atoms with Crippen molar-refractivity contribution in [2.24, 2.45) is 0 Å². The number of carboxylic acid groups (broad SMARTS) is 1. The number of nitrogens with one attached hydrogen (secondary N) is 1. The monoisotopic (exact) mass is 700 g/mol. The number of hydrogen-bond acceptors (Lipinski definition) is 8. The van der Waals surface area contributed by atoms with Gasteiger partial charge in [0.25, 0.3) is 5.91 Å². The van der Waals surface area contributed by atoms with Gasteiger partial charge in [0.2, 0.25) is 5.91 Å². The number of likely N-dealkylation sites (tertiary alicyclic amines) is 1. The summed E-state index contributed by atoms with van der Waals surface area (Å²) >= 11 is 16.3.